The molecule has 1 saturated carbocycles. The highest BCUT2D eigenvalue weighted by atomic mass is 16.5. The van der Waals surface area contributed by atoms with Crippen molar-refractivity contribution < 1.29 is 14.7 Å². The average molecular weight is 297 g/mol. The Kier molecular flexibility index (Phi) is 5.45. The van der Waals surface area contributed by atoms with Gasteiger partial charge < -0.3 is 20.6 Å². The van der Waals surface area contributed by atoms with Crippen molar-refractivity contribution in [1.82, 2.24) is 4.90 Å². The van der Waals surface area contributed by atoms with Crippen molar-refractivity contribution in [2.45, 2.75) is 58.0 Å². The number of amidine groups is 1. The molecule has 0 spiro atoms. The van der Waals surface area contributed by atoms with Crippen LogP contribution in [0.25, 0.3) is 0 Å². The molecule has 1 saturated heterocycles. The number of hydrogen-bond donors (Lipinski definition) is 2. The third kappa shape index (κ3) is 3.31. The molecule has 120 valence electrons. The van der Waals surface area contributed by atoms with E-state index in [0.717, 1.165) is 32.1 Å². The summed E-state index contributed by atoms with van der Waals surface area (Å²) in [4.78, 5) is 14.8. The van der Waals surface area contributed by atoms with Gasteiger partial charge in [-0.05, 0) is 32.6 Å². The minimum Gasteiger partial charge on any atom is -0.409 e. The summed E-state index contributed by atoms with van der Waals surface area (Å²) >= 11 is 0. The van der Waals surface area contributed by atoms with E-state index in [9.17, 15) is 4.79 Å². The van der Waals surface area contributed by atoms with Crippen LogP contribution in [0.15, 0.2) is 5.16 Å². The second kappa shape index (κ2) is 7.11. The first-order valence-corrected chi connectivity index (χ1v) is 8.03. The Morgan fingerprint density at radius 1 is 1.33 bits per heavy atom. The van der Waals surface area contributed by atoms with Crippen LogP contribution in [0.3, 0.4) is 0 Å². The Bertz CT molecular complexity index is 384. The van der Waals surface area contributed by atoms with Gasteiger partial charge in [-0.15, -0.1) is 0 Å². The molecule has 0 aromatic heterocycles. The number of rotatable bonds is 4. The fourth-order valence-electron chi connectivity index (χ4n) is 3.59. The fourth-order valence-corrected chi connectivity index (χ4v) is 3.59. The fraction of sp³-hybridized carbons (Fsp3) is 0.867. The van der Waals surface area contributed by atoms with Crippen LogP contribution in [-0.4, -0.2) is 47.7 Å². The highest BCUT2D eigenvalue weighted by Crippen LogP contribution is 2.39. The van der Waals surface area contributed by atoms with E-state index >= 15 is 0 Å². The number of carbonyl (C=O) groups excluding carboxylic acids is 1. The van der Waals surface area contributed by atoms with Gasteiger partial charge in [-0.1, -0.05) is 24.4 Å². The van der Waals surface area contributed by atoms with Gasteiger partial charge in [0.25, 0.3) is 0 Å². The van der Waals surface area contributed by atoms with Crippen molar-refractivity contribution in [2.75, 3.05) is 19.7 Å². The van der Waals surface area contributed by atoms with E-state index in [0.29, 0.717) is 32.5 Å². The van der Waals surface area contributed by atoms with E-state index in [1.807, 2.05) is 11.8 Å². The van der Waals surface area contributed by atoms with Gasteiger partial charge in [-0.2, -0.15) is 0 Å². The normalized spacial score (nSPS) is 24.0. The molecule has 1 amide bonds. The van der Waals surface area contributed by atoms with Crippen molar-refractivity contribution in [3.63, 3.8) is 0 Å². The molecular formula is C15H27N3O3. The van der Waals surface area contributed by atoms with Gasteiger partial charge in [0.2, 0.25) is 5.91 Å². The predicted molar refractivity (Wildman–Crippen MR) is 80.2 cm³/mol. The predicted octanol–water partition coefficient (Wildman–Crippen LogP) is 1.71. The zero-order chi connectivity index (χ0) is 15.3. The van der Waals surface area contributed by atoms with Crippen LogP contribution in [0.4, 0.5) is 0 Å². The number of ether oxygens (including phenoxy) is 1. The van der Waals surface area contributed by atoms with Crippen LogP contribution >= 0.6 is 0 Å². The summed E-state index contributed by atoms with van der Waals surface area (Å²) in [6.45, 7) is 4.10. The van der Waals surface area contributed by atoms with Crippen LogP contribution in [0, 0.1) is 5.41 Å². The highest BCUT2D eigenvalue weighted by Gasteiger charge is 2.46. The first-order chi connectivity index (χ1) is 10.1. The summed E-state index contributed by atoms with van der Waals surface area (Å²) < 4.78 is 5.62. The molecule has 0 unspecified atom stereocenters. The molecule has 0 radical (unpaired) electrons. The first kappa shape index (κ1) is 16.1. The maximum Gasteiger partial charge on any atom is 0.236 e. The average Bonchev–Trinajstić information content (AvgIpc) is 2.55. The molecule has 21 heavy (non-hydrogen) atoms. The Labute approximate surface area is 126 Å². The molecule has 2 fully saturated rings. The monoisotopic (exact) mass is 297 g/mol. The molecule has 2 aliphatic rings. The summed E-state index contributed by atoms with van der Waals surface area (Å²) in [6, 6.07) is 0. The summed E-state index contributed by atoms with van der Waals surface area (Å²) in [5, 5.41) is 12.3. The number of nitrogens with two attached hydrogens (primary N) is 1. The molecule has 6 nitrogen and oxygen atoms in total. The Balaban J connectivity index is 2.06. The number of likely N-dealkylation sites (tertiary alicyclic amines) is 1. The second-order valence-corrected chi connectivity index (χ2v) is 6.07. The van der Waals surface area contributed by atoms with Crippen LogP contribution in [0.5, 0.6) is 0 Å². The molecule has 0 aromatic carbocycles. The van der Waals surface area contributed by atoms with Crippen molar-refractivity contribution in [1.29, 1.82) is 0 Å². The van der Waals surface area contributed by atoms with E-state index < -0.39 is 5.41 Å². The van der Waals surface area contributed by atoms with Gasteiger partial charge in [-0.25, -0.2) is 0 Å². The molecular weight excluding hydrogens is 270 g/mol. The molecule has 2 rings (SSSR count). The standard InChI is InChI=1S/C15H27N3O3/c1-2-21-12-6-10-18(11-7-12)14(19)15(13(16)17-20)8-4-3-5-9-15/h12,20H,2-11H2,1H3,(H2,16,17). The van der Waals surface area contributed by atoms with E-state index in [2.05, 4.69) is 5.16 Å². The topological polar surface area (TPSA) is 88.2 Å². The lowest BCUT2D eigenvalue weighted by atomic mass is 9.71. The Hall–Kier alpha value is -1.30. The van der Waals surface area contributed by atoms with Crippen LogP contribution in [-0.2, 0) is 9.53 Å². The van der Waals surface area contributed by atoms with Gasteiger partial charge >= 0.3 is 0 Å². The van der Waals surface area contributed by atoms with E-state index in [4.69, 9.17) is 15.7 Å². The van der Waals surface area contributed by atoms with Crippen LogP contribution in [0.1, 0.15) is 51.9 Å². The lowest BCUT2D eigenvalue weighted by Gasteiger charge is -2.41. The number of piperidine rings is 1. The molecule has 0 atom stereocenters. The molecule has 1 aliphatic carbocycles. The summed E-state index contributed by atoms with van der Waals surface area (Å²) in [7, 11) is 0. The van der Waals surface area contributed by atoms with E-state index in [1.54, 1.807) is 0 Å². The van der Waals surface area contributed by atoms with Crippen molar-refractivity contribution in [3.05, 3.63) is 0 Å². The SMILES string of the molecule is CCOC1CCN(C(=O)C2(C(N)=NO)CCCCC2)CC1. The van der Waals surface area contributed by atoms with Crippen molar-refractivity contribution >= 4 is 11.7 Å². The highest BCUT2D eigenvalue weighted by molar-refractivity contribution is 6.06. The summed E-state index contributed by atoms with van der Waals surface area (Å²) in [6.07, 6.45) is 6.39. The number of nitrogens with zero attached hydrogens (tertiary/aromatic N) is 2. The molecule has 0 bridgehead atoms. The number of oxime groups is 1. The number of hydrogen-bond acceptors (Lipinski definition) is 4. The van der Waals surface area contributed by atoms with Crippen molar-refractivity contribution in [2.24, 2.45) is 16.3 Å². The van der Waals surface area contributed by atoms with Crippen LogP contribution < -0.4 is 5.73 Å². The first-order valence-electron chi connectivity index (χ1n) is 8.03. The minimum atomic E-state index is -0.786. The lowest BCUT2D eigenvalue weighted by Crippen LogP contribution is -2.54. The van der Waals surface area contributed by atoms with E-state index in [1.165, 1.54) is 0 Å². The van der Waals surface area contributed by atoms with Crippen LogP contribution in [0.2, 0.25) is 0 Å². The maximum absolute atomic E-state index is 13.0. The number of amides is 1. The summed E-state index contributed by atoms with van der Waals surface area (Å²) in [5.41, 5.74) is 5.11. The molecule has 0 aromatic rings. The second-order valence-electron chi connectivity index (χ2n) is 6.07. The molecule has 1 heterocycles. The molecule has 1 aliphatic heterocycles. The zero-order valence-corrected chi connectivity index (χ0v) is 12.9. The quantitative estimate of drug-likeness (QED) is 0.358. The van der Waals surface area contributed by atoms with Crippen molar-refractivity contribution in [3.8, 4) is 0 Å². The minimum absolute atomic E-state index is 0.0347. The molecule has 6 heteroatoms. The molecule has 3 N–H and O–H groups in total. The largest absolute Gasteiger partial charge is 0.409 e. The van der Waals surface area contributed by atoms with Gasteiger partial charge in [0.1, 0.15) is 5.41 Å². The Morgan fingerprint density at radius 3 is 2.48 bits per heavy atom. The number of carbonyl (C=O) groups is 1. The zero-order valence-electron chi connectivity index (χ0n) is 12.9. The maximum atomic E-state index is 13.0. The lowest BCUT2D eigenvalue weighted by molar-refractivity contribution is -0.142. The Morgan fingerprint density at radius 2 is 1.95 bits per heavy atom. The van der Waals surface area contributed by atoms with E-state index in [-0.39, 0.29) is 17.8 Å². The smallest absolute Gasteiger partial charge is 0.236 e. The van der Waals surface area contributed by atoms with Gasteiger partial charge in [-0.3, -0.25) is 4.79 Å². The van der Waals surface area contributed by atoms with Gasteiger partial charge in [0.05, 0.1) is 6.10 Å². The third-order valence-electron chi connectivity index (χ3n) is 4.85. The summed E-state index contributed by atoms with van der Waals surface area (Å²) in [5.74, 6) is 0.117. The third-order valence-corrected chi connectivity index (χ3v) is 4.85. The van der Waals surface area contributed by atoms with Gasteiger partial charge in [0, 0.05) is 19.7 Å². The van der Waals surface area contributed by atoms with Gasteiger partial charge in [0.15, 0.2) is 5.84 Å².